The maximum atomic E-state index is 8.83. The standard InChI is InChI=1S/C18H26N4S.HI/c1-3-23-17-6-4-5-16(11-17)22-18(20-2)21-13-15-9-7-14(12-19)8-10-15;/h7-10,16-17H,3-6,11,13H2,1-2H3,(H2,20,21,22);1H. The monoisotopic (exact) mass is 458 g/mol. The van der Waals surface area contributed by atoms with Crippen LogP contribution in [-0.2, 0) is 6.54 Å². The molecule has 6 heteroatoms. The van der Waals surface area contributed by atoms with Crippen LogP contribution in [0.4, 0.5) is 0 Å². The number of aliphatic imine (C=N–C) groups is 1. The molecule has 0 radical (unpaired) electrons. The van der Waals surface area contributed by atoms with E-state index in [1.165, 1.54) is 31.4 Å². The van der Waals surface area contributed by atoms with Gasteiger partial charge in [0.05, 0.1) is 11.6 Å². The Morgan fingerprint density at radius 3 is 2.71 bits per heavy atom. The molecule has 1 aromatic carbocycles. The van der Waals surface area contributed by atoms with E-state index in [9.17, 15) is 0 Å². The van der Waals surface area contributed by atoms with Crippen molar-refractivity contribution in [2.45, 2.75) is 50.4 Å². The SMILES string of the molecule is CCSC1CCCC(NC(=NC)NCc2ccc(C#N)cc2)C1.I. The first-order valence-corrected chi connectivity index (χ1v) is 9.37. The van der Waals surface area contributed by atoms with Crippen LogP contribution >= 0.6 is 35.7 Å². The zero-order chi connectivity index (χ0) is 16.5. The first kappa shape index (κ1) is 21.1. The van der Waals surface area contributed by atoms with Crippen LogP contribution in [0.5, 0.6) is 0 Å². The van der Waals surface area contributed by atoms with Gasteiger partial charge in [-0.15, -0.1) is 24.0 Å². The molecule has 0 spiro atoms. The molecule has 2 unspecified atom stereocenters. The number of nitriles is 1. The molecule has 1 aromatic rings. The second kappa shape index (κ2) is 11.6. The van der Waals surface area contributed by atoms with Gasteiger partial charge in [-0.05, 0) is 42.7 Å². The summed E-state index contributed by atoms with van der Waals surface area (Å²) in [5.41, 5.74) is 1.84. The van der Waals surface area contributed by atoms with Crippen LogP contribution in [0.2, 0.25) is 0 Å². The van der Waals surface area contributed by atoms with Gasteiger partial charge in [0, 0.05) is 24.9 Å². The summed E-state index contributed by atoms with van der Waals surface area (Å²) in [5.74, 6) is 2.06. The van der Waals surface area contributed by atoms with E-state index in [-0.39, 0.29) is 24.0 Å². The maximum Gasteiger partial charge on any atom is 0.191 e. The Balaban J connectivity index is 0.00000288. The molecule has 1 aliphatic rings. The van der Waals surface area contributed by atoms with E-state index < -0.39 is 0 Å². The van der Waals surface area contributed by atoms with Crippen molar-refractivity contribution in [2.24, 2.45) is 4.99 Å². The lowest BCUT2D eigenvalue weighted by Gasteiger charge is -2.30. The number of benzene rings is 1. The van der Waals surface area contributed by atoms with E-state index >= 15 is 0 Å². The summed E-state index contributed by atoms with van der Waals surface area (Å²) in [6.07, 6.45) is 5.07. The third-order valence-electron chi connectivity index (χ3n) is 4.14. The molecule has 24 heavy (non-hydrogen) atoms. The Morgan fingerprint density at radius 2 is 2.08 bits per heavy atom. The third-order valence-corrected chi connectivity index (χ3v) is 5.37. The number of nitrogens with zero attached hydrogens (tertiary/aromatic N) is 2. The quantitative estimate of drug-likeness (QED) is 0.399. The average molecular weight is 458 g/mol. The van der Waals surface area contributed by atoms with Gasteiger partial charge < -0.3 is 10.6 Å². The van der Waals surface area contributed by atoms with Crippen molar-refractivity contribution in [1.29, 1.82) is 5.26 Å². The first-order valence-electron chi connectivity index (χ1n) is 8.33. The number of hydrogen-bond donors (Lipinski definition) is 2. The Kier molecular flexibility index (Phi) is 10.2. The largest absolute Gasteiger partial charge is 0.354 e. The number of halogens is 1. The topological polar surface area (TPSA) is 60.2 Å². The Morgan fingerprint density at radius 1 is 1.33 bits per heavy atom. The van der Waals surface area contributed by atoms with Gasteiger partial charge in [-0.1, -0.05) is 25.5 Å². The van der Waals surface area contributed by atoms with Gasteiger partial charge in [0.25, 0.3) is 0 Å². The van der Waals surface area contributed by atoms with Crippen molar-refractivity contribution in [2.75, 3.05) is 12.8 Å². The summed E-state index contributed by atoms with van der Waals surface area (Å²) in [4.78, 5) is 4.34. The molecule has 1 aliphatic carbocycles. The molecule has 2 atom stereocenters. The van der Waals surface area contributed by atoms with Gasteiger partial charge in [-0.2, -0.15) is 17.0 Å². The molecule has 4 nitrogen and oxygen atoms in total. The number of guanidine groups is 1. The molecule has 1 saturated carbocycles. The second-order valence-electron chi connectivity index (χ2n) is 5.82. The zero-order valence-electron chi connectivity index (χ0n) is 14.4. The maximum absolute atomic E-state index is 8.83. The van der Waals surface area contributed by atoms with Gasteiger partial charge in [0.2, 0.25) is 0 Å². The highest BCUT2D eigenvalue weighted by Gasteiger charge is 2.22. The number of thioether (sulfide) groups is 1. The summed E-state index contributed by atoms with van der Waals surface area (Å²) in [6.45, 7) is 2.95. The summed E-state index contributed by atoms with van der Waals surface area (Å²) in [7, 11) is 1.81. The molecule has 2 rings (SSSR count). The molecule has 0 amide bonds. The molecular formula is C18H27IN4S. The smallest absolute Gasteiger partial charge is 0.191 e. The van der Waals surface area contributed by atoms with Crippen molar-refractivity contribution in [3.63, 3.8) is 0 Å². The zero-order valence-corrected chi connectivity index (χ0v) is 17.6. The summed E-state index contributed by atoms with van der Waals surface area (Å²) in [5, 5.41) is 16.5. The van der Waals surface area contributed by atoms with Crippen molar-refractivity contribution in [3.05, 3.63) is 35.4 Å². The van der Waals surface area contributed by atoms with Crippen LogP contribution in [0.3, 0.4) is 0 Å². The molecular weight excluding hydrogens is 431 g/mol. The van der Waals surface area contributed by atoms with E-state index in [4.69, 9.17) is 5.26 Å². The summed E-state index contributed by atoms with van der Waals surface area (Å²) < 4.78 is 0. The molecule has 0 heterocycles. The lowest BCUT2D eigenvalue weighted by atomic mass is 9.95. The Bertz CT molecular complexity index is 551. The average Bonchev–Trinajstić information content (AvgIpc) is 2.59. The van der Waals surface area contributed by atoms with Crippen molar-refractivity contribution in [1.82, 2.24) is 10.6 Å². The van der Waals surface area contributed by atoms with Crippen molar-refractivity contribution in [3.8, 4) is 6.07 Å². The molecule has 0 aromatic heterocycles. The highest BCUT2D eigenvalue weighted by atomic mass is 127. The van der Waals surface area contributed by atoms with E-state index in [1.54, 1.807) is 0 Å². The number of nitrogens with one attached hydrogen (secondary N) is 2. The predicted octanol–water partition coefficient (Wildman–Crippen LogP) is 3.91. The molecule has 0 saturated heterocycles. The molecule has 0 aliphatic heterocycles. The van der Waals surface area contributed by atoms with Gasteiger partial charge in [-0.3, -0.25) is 4.99 Å². The highest BCUT2D eigenvalue weighted by Crippen LogP contribution is 2.28. The third kappa shape index (κ3) is 6.89. The van der Waals surface area contributed by atoms with Crippen LogP contribution in [0.1, 0.15) is 43.7 Å². The van der Waals surface area contributed by atoms with Gasteiger partial charge in [0.1, 0.15) is 0 Å². The number of rotatable bonds is 5. The minimum Gasteiger partial charge on any atom is -0.354 e. The summed E-state index contributed by atoms with van der Waals surface area (Å²) >= 11 is 2.08. The Labute approximate surface area is 166 Å². The minimum absolute atomic E-state index is 0. The minimum atomic E-state index is 0. The van der Waals surface area contributed by atoms with Crippen LogP contribution in [0.15, 0.2) is 29.3 Å². The molecule has 1 fully saturated rings. The van der Waals surface area contributed by atoms with E-state index in [1.807, 2.05) is 31.3 Å². The summed E-state index contributed by atoms with van der Waals surface area (Å²) in [6, 6.07) is 10.3. The van der Waals surface area contributed by atoms with Gasteiger partial charge in [-0.25, -0.2) is 0 Å². The number of hydrogen-bond acceptors (Lipinski definition) is 3. The van der Waals surface area contributed by atoms with Gasteiger partial charge >= 0.3 is 0 Å². The molecule has 2 N–H and O–H groups in total. The van der Waals surface area contributed by atoms with Gasteiger partial charge in [0.15, 0.2) is 5.96 Å². The fraction of sp³-hybridized carbons (Fsp3) is 0.556. The normalized spacial score (nSPS) is 20.6. The van der Waals surface area contributed by atoms with Crippen LogP contribution in [0, 0.1) is 11.3 Å². The van der Waals surface area contributed by atoms with Crippen LogP contribution < -0.4 is 10.6 Å². The van der Waals surface area contributed by atoms with E-state index in [0.29, 0.717) is 18.2 Å². The predicted molar refractivity (Wildman–Crippen MR) is 114 cm³/mol. The van der Waals surface area contributed by atoms with E-state index in [2.05, 4.69) is 40.4 Å². The lowest BCUT2D eigenvalue weighted by Crippen LogP contribution is -2.45. The lowest BCUT2D eigenvalue weighted by molar-refractivity contribution is 0.419. The fourth-order valence-electron chi connectivity index (χ4n) is 2.93. The highest BCUT2D eigenvalue weighted by molar-refractivity contribution is 14.0. The van der Waals surface area contributed by atoms with E-state index in [0.717, 1.165) is 16.8 Å². The first-order chi connectivity index (χ1) is 11.2. The Hall–Kier alpha value is -0.940. The second-order valence-corrected chi connectivity index (χ2v) is 7.40. The van der Waals surface area contributed by atoms with Crippen molar-refractivity contribution < 1.29 is 0 Å². The fourth-order valence-corrected chi connectivity index (χ4v) is 4.11. The van der Waals surface area contributed by atoms with Crippen LogP contribution in [-0.4, -0.2) is 30.1 Å². The molecule has 0 bridgehead atoms. The van der Waals surface area contributed by atoms with Crippen LogP contribution in [0.25, 0.3) is 0 Å². The van der Waals surface area contributed by atoms with Crippen molar-refractivity contribution >= 4 is 41.7 Å². The molecule has 132 valence electrons.